The number of ether oxygens (including phenoxy) is 2. The summed E-state index contributed by atoms with van der Waals surface area (Å²) in [6.45, 7) is 3.07. The second kappa shape index (κ2) is 10.8. The number of aryl methyl sites for hydroxylation is 2. The van der Waals surface area contributed by atoms with E-state index in [4.69, 9.17) is 21.1 Å². The number of hydrogen-bond donors (Lipinski definition) is 1. The maximum Gasteiger partial charge on any atom is 0.337 e. The molecule has 1 N–H and O–H groups in total. The van der Waals surface area contributed by atoms with E-state index in [-0.39, 0.29) is 32.6 Å². The molecule has 3 aromatic rings. The molecule has 0 fully saturated rings. The lowest BCUT2D eigenvalue weighted by molar-refractivity contribution is -0.114. The molecule has 0 aliphatic carbocycles. The normalized spacial score (nSPS) is 11.0. The maximum absolute atomic E-state index is 13.7. The van der Waals surface area contributed by atoms with Crippen LogP contribution < -0.4 is 14.4 Å². The SMILES string of the molecule is COC(=O)c1ccc(Cl)c(NC(=O)CN(c2cc(C)ccc2OC)S(=O)(=O)c2ccc(C)cc2)c1. The average molecular weight is 517 g/mol. The van der Waals surface area contributed by atoms with Crippen LogP contribution in [0.2, 0.25) is 5.02 Å². The van der Waals surface area contributed by atoms with Crippen molar-refractivity contribution in [3.8, 4) is 5.75 Å². The Morgan fingerprint density at radius 2 is 1.60 bits per heavy atom. The Morgan fingerprint density at radius 1 is 0.943 bits per heavy atom. The third-order valence-corrected chi connectivity index (χ3v) is 7.26. The Labute approximate surface area is 209 Å². The highest BCUT2D eigenvalue weighted by Gasteiger charge is 2.30. The first kappa shape index (κ1) is 26.1. The van der Waals surface area contributed by atoms with Crippen LogP contribution in [-0.4, -0.2) is 41.1 Å². The monoisotopic (exact) mass is 516 g/mol. The molecule has 10 heteroatoms. The molecule has 0 aromatic heterocycles. The fourth-order valence-electron chi connectivity index (χ4n) is 3.32. The van der Waals surface area contributed by atoms with Crippen molar-refractivity contribution in [1.29, 1.82) is 0 Å². The van der Waals surface area contributed by atoms with E-state index in [1.165, 1.54) is 44.6 Å². The number of nitrogens with one attached hydrogen (secondary N) is 1. The predicted octanol–water partition coefficient (Wildman–Crippen LogP) is 4.59. The lowest BCUT2D eigenvalue weighted by Crippen LogP contribution is -2.38. The first-order valence-corrected chi connectivity index (χ1v) is 12.3. The van der Waals surface area contributed by atoms with E-state index in [1.807, 2.05) is 6.92 Å². The Kier molecular flexibility index (Phi) is 8.03. The van der Waals surface area contributed by atoms with E-state index in [1.54, 1.807) is 37.3 Å². The number of halogens is 1. The maximum atomic E-state index is 13.7. The van der Waals surface area contributed by atoms with Gasteiger partial charge in [-0.2, -0.15) is 0 Å². The van der Waals surface area contributed by atoms with Crippen LogP contribution in [0.3, 0.4) is 0 Å². The number of esters is 1. The molecule has 0 aliphatic rings. The summed E-state index contributed by atoms with van der Waals surface area (Å²) in [5.41, 5.74) is 2.19. The minimum absolute atomic E-state index is 0.0187. The highest BCUT2D eigenvalue weighted by molar-refractivity contribution is 7.92. The van der Waals surface area contributed by atoms with Crippen molar-refractivity contribution in [2.24, 2.45) is 0 Å². The topological polar surface area (TPSA) is 102 Å². The van der Waals surface area contributed by atoms with Crippen LogP contribution in [0.5, 0.6) is 5.75 Å². The molecule has 0 aliphatic heterocycles. The summed E-state index contributed by atoms with van der Waals surface area (Å²) in [5, 5.41) is 2.76. The van der Waals surface area contributed by atoms with E-state index in [0.29, 0.717) is 0 Å². The Bertz CT molecular complexity index is 1360. The van der Waals surface area contributed by atoms with Gasteiger partial charge in [-0.05, 0) is 61.9 Å². The minimum atomic E-state index is -4.16. The van der Waals surface area contributed by atoms with Crippen molar-refractivity contribution in [3.05, 3.63) is 82.4 Å². The second-order valence-corrected chi connectivity index (χ2v) is 10.0. The fraction of sp³-hybridized carbons (Fsp3) is 0.200. The minimum Gasteiger partial charge on any atom is -0.495 e. The zero-order valence-corrected chi connectivity index (χ0v) is 21.2. The van der Waals surface area contributed by atoms with Gasteiger partial charge in [-0.15, -0.1) is 0 Å². The molecule has 35 heavy (non-hydrogen) atoms. The van der Waals surface area contributed by atoms with Crippen LogP contribution in [-0.2, 0) is 19.6 Å². The zero-order chi connectivity index (χ0) is 25.8. The smallest absolute Gasteiger partial charge is 0.337 e. The van der Waals surface area contributed by atoms with Gasteiger partial charge in [-0.3, -0.25) is 9.10 Å². The van der Waals surface area contributed by atoms with Gasteiger partial charge in [0.2, 0.25) is 5.91 Å². The van der Waals surface area contributed by atoms with Crippen molar-refractivity contribution >= 4 is 44.9 Å². The summed E-state index contributed by atoms with van der Waals surface area (Å²) in [6, 6.07) is 15.6. The van der Waals surface area contributed by atoms with Crippen LogP contribution in [0.15, 0.2) is 65.6 Å². The number of amides is 1. The van der Waals surface area contributed by atoms with E-state index in [0.717, 1.165) is 15.4 Å². The zero-order valence-electron chi connectivity index (χ0n) is 19.7. The molecule has 0 radical (unpaired) electrons. The van der Waals surface area contributed by atoms with E-state index < -0.39 is 28.4 Å². The molecule has 184 valence electrons. The van der Waals surface area contributed by atoms with Crippen molar-refractivity contribution in [2.75, 3.05) is 30.4 Å². The molecule has 0 saturated carbocycles. The summed E-state index contributed by atoms with van der Waals surface area (Å²) < 4.78 is 38.4. The first-order chi connectivity index (χ1) is 16.6. The Morgan fingerprint density at radius 3 is 2.23 bits per heavy atom. The van der Waals surface area contributed by atoms with E-state index in [2.05, 4.69) is 5.32 Å². The van der Waals surface area contributed by atoms with Crippen LogP contribution in [0.25, 0.3) is 0 Å². The van der Waals surface area contributed by atoms with Gasteiger partial charge in [0.1, 0.15) is 12.3 Å². The van der Waals surface area contributed by atoms with Gasteiger partial charge in [0.15, 0.2) is 0 Å². The molecule has 0 heterocycles. The van der Waals surface area contributed by atoms with Gasteiger partial charge < -0.3 is 14.8 Å². The number of anilines is 2. The van der Waals surface area contributed by atoms with Crippen molar-refractivity contribution in [2.45, 2.75) is 18.7 Å². The number of carbonyl (C=O) groups is 2. The van der Waals surface area contributed by atoms with Crippen LogP contribution in [0.4, 0.5) is 11.4 Å². The number of hydrogen-bond acceptors (Lipinski definition) is 6. The standard InChI is InChI=1S/C25H25ClN2O6S/c1-16-5-9-19(10-6-16)35(31,32)28(22-13-17(2)7-12-23(22)33-3)15-24(29)27-21-14-18(25(30)34-4)8-11-20(21)26/h5-14H,15H2,1-4H3,(H,27,29). The number of methoxy groups -OCH3 is 2. The molecule has 1 amide bonds. The molecular formula is C25H25ClN2O6S. The third-order valence-electron chi connectivity index (χ3n) is 5.16. The molecule has 0 unspecified atom stereocenters. The van der Waals surface area contributed by atoms with Gasteiger partial charge in [0.05, 0.1) is 41.1 Å². The average Bonchev–Trinajstić information content (AvgIpc) is 2.83. The van der Waals surface area contributed by atoms with Crippen LogP contribution in [0.1, 0.15) is 21.5 Å². The molecule has 3 rings (SSSR count). The van der Waals surface area contributed by atoms with E-state index in [9.17, 15) is 18.0 Å². The molecule has 0 bridgehead atoms. The van der Waals surface area contributed by atoms with Gasteiger partial charge in [-0.1, -0.05) is 35.4 Å². The third kappa shape index (κ3) is 5.93. The molecule has 0 atom stereocenters. The highest BCUT2D eigenvalue weighted by Crippen LogP contribution is 2.34. The molecule has 8 nitrogen and oxygen atoms in total. The summed E-state index contributed by atoms with van der Waals surface area (Å²) in [4.78, 5) is 25.0. The second-order valence-electron chi connectivity index (χ2n) is 7.73. The predicted molar refractivity (Wildman–Crippen MR) is 135 cm³/mol. The quantitative estimate of drug-likeness (QED) is 0.439. The number of carbonyl (C=O) groups excluding carboxylic acids is 2. The van der Waals surface area contributed by atoms with Gasteiger partial charge in [-0.25, -0.2) is 13.2 Å². The molecule has 3 aromatic carbocycles. The lowest BCUT2D eigenvalue weighted by Gasteiger charge is -2.26. The van der Waals surface area contributed by atoms with Gasteiger partial charge >= 0.3 is 5.97 Å². The molecular weight excluding hydrogens is 492 g/mol. The number of benzene rings is 3. The lowest BCUT2D eigenvalue weighted by atomic mass is 10.2. The van der Waals surface area contributed by atoms with Crippen molar-refractivity contribution in [1.82, 2.24) is 0 Å². The summed E-state index contributed by atoms with van der Waals surface area (Å²) in [5.74, 6) is -0.997. The largest absolute Gasteiger partial charge is 0.495 e. The van der Waals surface area contributed by atoms with Crippen molar-refractivity contribution in [3.63, 3.8) is 0 Å². The number of sulfonamides is 1. The highest BCUT2D eigenvalue weighted by atomic mass is 35.5. The Hall–Kier alpha value is -3.56. The van der Waals surface area contributed by atoms with Crippen LogP contribution in [0, 0.1) is 13.8 Å². The molecule has 0 spiro atoms. The van der Waals surface area contributed by atoms with Crippen LogP contribution >= 0.6 is 11.6 Å². The summed E-state index contributed by atoms with van der Waals surface area (Å²) in [7, 11) is -1.50. The molecule has 0 saturated heterocycles. The number of nitrogens with zero attached hydrogens (tertiary/aromatic N) is 1. The summed E-state index contributed by atoms with van der Waals surface area (Å²) >= 11 is 6.19. The van der Waals surface area contributed by atoms with E-state index >= 15 is 0 Å². The first-order valence-electron chi connectivity index (χ1n) is 10.5. The summed E-state index contributed by atoms with van der Waals surface area (Å²) in [6.07, 6.45) is 0. The Balaban J connectivity index is 2.03. The van der Waals surface area contributed by atoms with Crippen molar-refractivity contribution < 1.29 is 27.5 Å². The van der Waals surface area contributed by atoms with Gasteiger partial charge in [0.25, 0.3) is 10.0 Å². The van der Waals surface area contributed by atoms with Gasteiger partial charge in [0, 0.05) is 0 Å². The fourth-order valence-corrected chi connectivity index (χ4v) is 4.91. The number of rotatable bonds is 8.